The van der Waals surface area contributed by atoms with Crippen molar-refractivity contribution in [1.29, 1.82) is 0 Å². The smallest absolute Gasteiger partial charge is 0.265 e. The van der Waals surface area contributed by atoms with Crippen LogP contribution >= 0.6 is 0 Å². The summed E-state index contributed by atoms with van der Waals surface area (Å²) in [5.74, 6) is -2.05. The number of likely N-dealkylation sites (tertiary alicyclic amines) is 1. The lowest BCUT2D eigenvalue weighted by Crippen LogP contribution is -2.38. The number of nitrogens with zero attached hydrogens (tertiary/aromatic N) is 6. The molecule has 5 heterocycles. The summed E-state index contributed by atoms with van der Waals surface area (Å²) in [5.41, 5.74) is 8.83. The van der Waals surface area contributed by atoms with Crippen molar-refractivity contribution in [3.05, 3.63) is 65.2 Å². The van der Waals surface area contributed by atoms with E-state index in [1.807, 2.05) is 4.68 Å². The predicted molar refractivity (Wildman–Crippen MR) is 159 cm³/mol. The van der Waals surface area contributed by atoms with Crippen molar-refractivity contribution in [2.45, 2.75) is 51.1 Å². The van der Waals surface area contributed by atoms with Crippen LogP contribution < -0.4 is 15.4 Å². The molecule has 1 aliphatic carbocycles. The number of alkyl halides is 2. The Morgan fingerprint density at radius 3 is 2.54 bits per heavy atom. The van der Waals surface area contributed by atoms with Gasteiger partial charge in [0, 0.05) is 30.1 Å². The molecule has 2 amide bonds. The molecule has 3 aromatic heterocycles. The van der Waals surface area contributed by atoms with Gasteiger partial charge in [-0.15, -0.1) is 0 Å². The molecule has 0 bridgehead atoms. The number of carbonyl (C=O) groups excluding carboxylic acids is 2. The summed E-state index contributed by atoms with van der Waals surface area (Å²) in [6.07, 6.45) is 4.00. The Morgan fingerprint density at radius 2 is 1.85 bits per heavy atom. The van der Waals surface area contributed by atoms with E-state index in [0.717, 1.165) is 19.0 Å². The molecule has 2 aliphatic heterocycles. The average Bonchev–Trinajstić information content (AvgIpc) is 3.74. The van der Waals surface area contributed by atoms with Crippen molar-refractivity contribution < 1.29 is 31.9 Å². The Kier molecular flexibility index (Phi) is 7.83. The van der Waals surface area contributed by atoms with Crippen LogP contribution in [0.1, 0.15) is 53.5 Å². The van der Waals surface area contributed by atoms with Crippen LogP contribution in [0, 0.1) is 17.6 Å². The standard InChI is InChI=1S/C32H31F4N7O3/c33-19-11-22(34)24(38-12-19)14-42-25-4-3-18(10-26(25)46-16-28(42)44)29-21-13-39-43(20-5-7-41(8-6-20)15-27(35)36)32(21)40-23(9-17-1-2-17)30(29)31(37)45/h3-4,10-13,17,20,27H,1-2,5-9,14-16H2,(H2,37,45). The highest BCUT2D eigenvalue weighted by atomic mass is 19.3. The first-order valence-corrected chi connectivity index (χ1v) is 15.2. The van der Waals surface area contributed by atoms with E-state index in [9.17, 15) is 27.2 Å². The minimum Gasteiger partial charge on any atom is -0.482 e. The minimum absolute atomic E-state index is 0.0631. The number of fused-ring (bicyclic) bond motifs is 2. The van der Waals surface area contributed by atoms with Gasteiger partial charge in [-0.1, -0.05) is 6.07 Å². The Labute approximate surface area is 261 Å². The maximum Gasteiger partial charge on any atom is 0.265 e. The molecule has 240 valence electrons. The molecule has 2 N–H and O–H groups in total. The number of carbonyl (C=O) groups is 2. The van der Waals surface area contributed by atoms with Crippen LogP contribution in [0.5, 0.6) is 5.75 Å². The van der Waals surface area contributed by atoms with Crippen LogP contribution in [0.15, 0.2) is 36.7 Å². The largest absolute Gasteiger partial charge is 0.482 e. The molecule has 1 saturated heterocycles. The Balaban J connectivity index is 1.30. The van der Waals surface area contributed by atoms with Gasteiger partial charge < -0.3 is 10.5 Å². The lowest BCUT2D eigenvalue weighted by molar-refractivity contribution is -0.121. The predicted octanol–water partition coefficient (Wildman–Crippen LogP) is 4.65. The van der Waals surface area contributed by atoms with Crippen molar-refractivity contribution >= 4 is 28.5 Å². The monoisotopic (exact) mass is 637 g/mol. The number of primary amides is 1. The average molecular weight is 638 g/mol. The van der Waals surface area contributed by atoms with Crippen molar-refractivity contribution in [3.8, 4) is 16.9 Å². The summed E-state index contributed by atoms with van der Waals surface area (Å²) in [6, 6.07) is 5.72. The maximum absolute atomic E-state index is 14.4. The Bertz CT molecular complexity index is 1840. The van der Waals surface area contributed by atoms with Crippen LogP contribution in [0.3, 0.4) is 0 Å². The molecule has 0 spiro atoms. The van der Waals surface area contributed by atoms with Gasteiger partial charge in [-0.05, 0) is 55.7 Å². The number of ether oxygens (including phenoxy) is 1. The van der Waals surface area contributed by atoms with E-state index >= 15 is 0 Å². The van der Waals surface area contributed by atoms with Gasteiger partial charge in [0.1, 0.15) is 17.4 Å². The van der Waals surface area contributed by atoms with Crippen molar-refractivity contribution in [2.24, 2.45) is 11.7 Å². The molecule has 0 radical (unpaired) electrons. The zero-order chi connectivity index (χ0) is 32.1. The number of piperidine rings is 1. The highest BCUT2D eigenvalue weighted by Gasteiger charge is 2.32. The molecule has 1 saturated carbocycles. The first-order valence-electron chi connectivity index (χ1n) is 15.2. The van der Waals surface area contributed by atoms with Gasteiger partial charge in [0.15, 0.2) is 12.3 Å². The Morgan fingerprint density at radius 1 is 1.07 bits per heavy atom. The number of rotatable bonds is 9. The number of hydrogen-bond acceptors (Lipinski definition) is 7. The molecule has 0 atom stereocenters. The fourth-order valence-corrected chi connectivity index (χ4v) is 6.47. The van der Waals surface area contributed by atoms with Gasteiger partial charge in [-0.25, -0.2) is 27.2 Å². The normalized spacial score (nSPS) is 17.5. The van der Waals surface area contributed by atoms with Crippen molar-refractivity contribution in [2.75, 3.05) is 31.1 Å². The SMILES string of the molecule is NC(=O)c1c(CC2CC2)nc2c(cnn2C2CCN(CC(F)F)CC2)c1-c1ccc2c(c1)OCC(=O)N2Cc1ncc(F)cc1F. The van der Waals surface area contributed by atoms with Crippen LogP contribution in [0.4, 0.5) is 23.2 Å². The van der Waals surface area contributed by atoms with Crippen LogP contribution in [0.2, 0.25) is 0 Å². The van der Waals surface area contributed by atoms with E-state index in [4.69, 9.17) is 15.5 Å². The third kappa shape index (κ3) is 5.77. The van der Waals surface area contributed by atoms with Gasteiger partial charge in [0.2, 0.25) is 0 Å². The molecule has 10 nitrogen and oxygen atoms in total. The maximum atomic E-state index is 14.4. The first kappa shape index (κ1) is 30.1. The number of pyridine rings is 2. The lowest BCUT2D eigenvalue weighted by atomic mass is 9.93. The van der Waals surface area contributed by atoms with E-state index in [1.165, 1.54) is 4.90 Å². The zero-order valence-electron chi connectivity index (χ0n) is 24.8. The molecule has 14 heteroatoms. The number of aromatic nitrogens is 4. The molecule has 7 rings (SSSR count). The second kappa shape index (κ2) is 12.0. The van der Waals surface area contributed by atoms with Gasteiger partial charge >= 0.3 is 0 Å². The lowest BCUT2D eigenvalue weighted by Gasteiger charge is -2.32. The Hall–Kier alpha value is -4.59. The summed E-state index contributed by atoms with van der Waals surface area (Å²) in [4.78, 5) is 37.8. The molecule has 3 aliphatic rings. The van der Waals surface area contributed by atoms with Gasteiger partial charge in [-0.2, -0.15) is 5.10 Å². The summed E-state index contributed by atoms with van der Waals surface area (Å²) in [5, 5.41) is 5.28. The molecule has 1 aromatic carbocycles. The van der Waals surface area contributed by atoms with Crippen LogP contribution in [0.25, 0.3) is 22.2 Å². The van der Waals surface area contributed by atoms with Gasteiger partial charge in [0.25, 0.3) is 18.2 Å². The second-order valence-corrected chi connectivity index (χ2v) is 12.1. The topological polar surface area (TPSA) is 119 Å². The molecular formula is C32H31F4N7O3. The second-order valence-electron chi connectivity index (χ2n) is 12.1. The number of benzene rings is 1. The third-order valence-corrected chi connectivity index (χ3v) is 8.93. The van der Waals surface area contributed by atoms with E-state index in [1.54, 1.807) is 29.3 Å². The number of nitrogens with two attached hydrogens (primary N) is 1. The van der Waals surface area contributed by atoms with E-state index < -0.39 is 29.9 Å². The molecule has 0 unspecified atom stereocenters. The first-order chi connectivity index (χ1) is 22.2. The van der Waals surface area contributed by atoms with Crippen LogP contribution in [-0.2, 0) is 17.8 Å². The summed E-state index contributed by atoms with van der Waals surface area (Å²) < 4.78 is 61.4. The van der Waals surface area contributed by atoms with E-state index in [2.05, 4.69) is 10.1 Å². The number of anilines is 1. The highest BCUT2D eigenvalue weighted by Crippen LogP contribution is 2.42. The van der Waals surface area contributed by atoms with Crippen molar-refractivity contribution in [3.63, 3.8) is 0 Å². The summed E-state index contributed by atoms with van der Waals surface area (Å²) in [7, 11) is 0. The highest BCUT2D eigenvalue weighted by molar-refractivity contribution is 6.09. The molecule has 2 fully saturated rings. The van der Waals surface area contributed by atoms with E-state index in [-0.39, 0.29) is 37.0 Å². The van der Waals surface area contributed by atoms with Crippen LogP contribution in [-0.4, -0.2) is 69.1 Å². The fourth-order valence-electron chi connectivity index (χ4n) is 6.47. The van der Waals surface area contributed by atoms with Crippen molar-refractivity contribution in [1.82, 2.24) is 24.6 Å². The quantitative estimate of drug-likeness (QED) is 0.266. The number of hydrogen-bond donors (Lipinski definition) is 1. The zero-order valence-corrected chi connectivity index (χ0v) is 24.8. The molecule has 46 heavy (non-hydrogen) atoms. The summed E-state index contributed by atoms with van der Waals surface area (Å²) >= 11 is 0. The minimum atomic E-state index is -2.39. The van der Waals surface area contributed by atoms with E-state index in [0.29, 0.717) is 83.6 Å². The molecule has 4 aromatic rings. The van der Waals surface area contributed by atoms with Gasteiger partial charge in [-0.3, -0.25) is 24.4 Å². The summed E-state index contributed by atoms with van der Waals surface area (Å²) in [6.45, 7) is 0.198. The number of halogens is 4. The molecular weight excluding hydrogens is 606 g/mol. The fraction of sp³-hybridized carbons (Fsp3) is 0.406. The number of amides is 2. The third-order valence-electron chi connectivity index (χ3n) is 8.93. The van der Waals surface area contributed by atoms with Gasteiger partial charge in [0.05, 0.1) is 54.2 Å².